The second kappa shape index (κ2) is 5.79. The van der Waals surface area contributed by atoms with Crippen molar-refractivity contribution in [3.05, 3.63) is 50.9 Å². The molecule has 3 rings (SSSR count). The van der Waals surface area contributed by atoms with E-state index in [0.717, 1.165) is 21.8 Å². The third-order valence-electron chi connectivity index (χ3n) is 3.42. The number of hydrogen-bond acceptors (Lipinski definition) is 3. The fourth-order valence-corrected chi connectivity index (χ4v) is 4.50. The number of nitrogens with zero attached hydrogens (tertiary/aromatic N) is 2. The summed E-state index contributed by atoms with van der Waals surface area (Å²) in [6.45, 7) is 3.01. The van der Waals surface area contributed by atoms with Crippen LogP contribution in [0, 0.1) is 0 Å². The molecule has 20 heavy (non-hydrogen) atoms. The molecule has 1 N–H and O–H groups in total. The summed E-state index contributed by atoms with van der Waals surface area (Å²) in [6.07, 6.45) is 1.83. The Labute approximate surface area is 136 Å². The third kappa shape index (κ3) is 2.47. The fraction of sp³-hybridized carbons (Fsp3) is 0.286. The number of thiocarbonyl (C=S) groups is 1. The minimum absolute atomic E-state index is 0.106. The van der Waals surface area contributed by atoms with Gasteiger partial charge in [0.05, 0.1) is 17.8 Å². The quantitative estimate of drug-likeness (QED) is 0.832. The van der Waals surface area contributed by atoms with Crippen molar-refractivity contribution < 1.29 is 0 Å². The normalized spacial score (nSPS) is 22.1. The van der Waals surface area contributed by atoms with Gasteiger partial charge in [-0.05, 0) is 53.3 Å². The molecule has 0 saturated carbocycles. The number of aromatic nitrogens is 1. The lowest BCUT2D eigenvalue weighted by Crippen LogP contribution is -2.28. The van der Waals surface area contributed by atoms with Gasteiger partial charge in [-0.15, -0.1) is 11.3 Å². The predicted molar refractivity (Wildman–Crippen MR) is 89.9 cm³/mol. The van der Waals surface area contributed by atoms with Gasteiger partial charge in [-0.1, -0.05) is 6.07 Å². The Morgan fingerprint density at radius 3 is 2.95 bits per heavy atom. The van der Waals surface area contributed by atoms with Gasteiger partial charge in [0, 0.05) is 27.5 Å². The zero-order valence-electron chi connectivity index (χ0n) is 10.9. The number of likely N-dealkylation sites (N-methyl/N-ethyl adjacent to an activating group) is 1. The van der Waals surface area contributed by atoms with Gasteiger partial charge in [0.2, 0.25) is 0 Å². The first-order valence-electron chi connectivity index (χ1n) is 6.42. The van der Waals surface area contributed by atoms with Gasteiger partial charge < -0.3 is 10.2 Å². The van der Waals surface area contributed by atoms with Gasteiger partial charge in [-0.25, -0.2) is 0 Å². The average Bonchev–Trinajstić information content (AvgIpc) is 3.03. The number of halogens is 1. The standard InChI is InChI=1S/C14H14BrN3S2/c1-2-18-13(11-7-9(15)8-20-11)12(17-14(18)19)10-5-3-4-6-16-10/h3-8,12-13H,2H2,1H3,(H,17,19)/t12-,13-/m0/s1. The first-order valence-corrected chi connectivity index (χ1v) is 8.50. The lowest BCUT2D eigenvalue weighted by Gasteiger charge is -2.25. The van der Waals surface area contributed by atoms with Gasteiger partial charge in [-0.3, -0.25) is 4.98 Å². The van der Waals surface area contributed by atoms with Crippen molar-refractivity contribution in [2.24, 2.45) is 0 Å². The highest BCUT2D eigenvalue weighted by molar-refractivity contribution is 9.10. The van der Waals surface area contributed by atoms with E-state index < -0.39 is 0 Å². The van der Waals surface area contributed by atoms with Crippen molar-refractivity contribution in [3.63, 3.8) is 0 Å². The molecule has 1 saturated heterocycles. The van der Waals surface area contributed by atoms with Gasteiger partial charge in [0.15, 0.2) is 5.11 Å². The van der Waals surface area contributed by atoms with E-state index in [-0.39, 0.29) is 12.1 Å². The van der Waals surface area contributed by atoms with Crippen LogP contribution in [0.4, 0.5) is 0 Å². The summed E-state index contributed by atoms with van der Waals surface area (Å²) in [5, 5.41) is 6.33. The van der Waals surface area contributed by atoms with E-state index in [2.05, 4.69) is 55.6 Å². The highest BCUT2D eigenvalue weighted by atomic mass is 79.9. The minimum atomic E-state index is 0.106. The van der Waals surface area contributed by atoms with Crippen molar-refractivity contribution >= 4 is 44.6 Å². The highest BCUT2D eigenvalue weighted by Crippen LogP contribution is 2.41. The van der Waals surface area contributed by atoms with Gasteiger partial charge >= 0.3 is 0 Å². The van der Waals surface area contributed by atoms with Crippen LogP contribution in [0.25, 0.3) is 0 Å². The molecule has 1 fully saturated rings. The summed E-state index contributed by atoms with van der Waals surface area (Å²) in [5.41, 5.74) is 1.03. The van der Waals surface area contributed by atoms with E-state index in [1.54, 1.807) is 11.3 Å². The van der Waals surface area contributed by atoms with Crippen LogP contribution >= 0.6 is 39.5 Å². The summed E-state index contributed by atoms with van der Waals surface area (Å²) in [4.78, 5) is 8.01. The second-order valence-electron chi connectivity index (χ2n) is 4.58. The number of rotatable bonds is 3. The largest absolute Gasteiger partial charge is 0.352 e. The van der Waals surface area contributed by atoms with E-state index in [0.29, 0.717) is 0 Å². The molecule has 1 aliphatic rings. The predicted octanol–water partition coefficient (Wildman–Crippen LogP) is 3.90. The first kappa shape index (κ1) is 14.0. The zero-order chi connectivity index (χ0) is 14.1. The molecule has 2 aromatic heterocycles. The van der Waals surface area contributed by atoms with Gasteiger partial charge in [0.1, 0.15) is 0 Å². The molecule has 104 valence electrons. The van der Waals surface area contributed by atoms with Crippen LogP contribution < -0.4 is 5.32 Å². The smallest absolute Gasteiger partial charge is 0.170 e. The molecule has 0 amide bonds. The SMILES string of the molecule is CCN1C(=S)N[C@@H](c2ccccn2)[C@@H]1c1cc(Br)cs1. The Kier molecular flexibility index (Phi) is 4.05. The van der Waals surface area contributed by atoms with Crippen LogP contribution in [0.5, 0.6) is 0 Å². The molecule has 0 unspecified atom stereocenters. The van der Waals surface area contributed by atoms with Crippen LogP contribution in [0.1, 0.15) is 29.6 Å². The number of nitrogens with one attached hydrogen (secondary N) is 1. The van der Waals surface area contributed by atoms with Crippen molar-refractivity contribution in [1.82, 2.24) is 15.2 Å². The van der Waals surface area contributed by atoms with Crippen LogP contribution in [-0.2, 0) is 0 Å². The van der Waals surface area contributed by atoms with Crippen LogP contribution in [0.3, 0.4) is 0 Å². The number of thiophene rings is 1. The minimum Gasteiger partial charge on any atom is -0.352 e. The molecule has 0 aromatic carbocycles. The topological polar surface area (TPSA) is 28.2 Å². The number of pyridine rings is 1. The van der Waals surface area contributed by atoms with E-state index in [9.17, 15) is 0 Å². The lowest BCUT2D eigenvalue weighted by molar-refractivity contribution is 0.335. The summed E-state index contributed by atoms with van der Waals surface area (Å²) in [7, 11) is 0. The molecule has 0 spiro atoms. The summed E-state index contributed by atoms with van der Waals surface area (Å²) >= 11 is 10.8. The van der Waals surface area contributed by atoms with Crippen LogP contribution in [-0.4, -0.2) is 21.5 Å². The summed E-state index contributed by atoms with van der Waals surface area (Å²) < 4.78 is 1.12. The maximum Gasteiger partial charge on any atom is 0.170 e. The lowest BCUT2D eigenvalue weighted by atomic mass is 10.0. The van der Waals surface area contributed by atoms with Crippen molar-refractivity contribution in [2.75, 3.05) is 6.54 Å². The Balaban J connectivity index is 2.02. The monoisotopic (exact) mass is 367 g/mol. The van der Waals surface area contributed by atoms with Crippen LogP contribution in [0.15, 0.2) is 40.3 Å². The Morgan fingerprint density at radius 1 is 1.50 bits per heavy atom. The average molecular weight is 368 g/mol. The molecular formula is C14H14BrN3S2. The Hall–Kier alpha value is -0.980. The zero-order valence-corrected chi connectivity index (χ0v) is 14.1. The van der Waals surface area contributed by atoms with Gasteiger partial charge in [-0.2, -0.15) is 0 Å². The number of hydrogen-bond donors (Lipinski definition) is 1. The molecule has 3 heterocycles. The van der Waals surface area contributed by atoms with Gasteiger partial charge in [0.25, 0.3) is 0 Å². The summed E-state index contributed by atoms with van der Waals surface area (Å²) in [5.74, 6) is 0. The molecule has 2 aromatic rings. The Morgan fingerprint density at radius 2 is 2.35 bits per heavy atom. The first-order chi connectivity index (χ1) is 9.70. The molecule has 0 bridgehead atoms. The fourth-order valence-electron chi connectivity index (χ4n) is 2.54. The third-order valence-corrected chi connectivity index (χ3v) is 5.53. The molecule has 6 heteroatoms. The molecular weight excluding hydrogens is 354 g/mol. The maximum absolute atomic E-state index is 5.48. The van der Waals surface area contributed by atoms with Crippen LogP contribution in [0.2, 0.25) is 0 Å². The van der Waals surface area contributed by atoms with E-state index >= 15 is 0 Å². The maximum atomic E-state index is 5.48. The van der Waals surface area contributed by atoms with Crippen molar-refractivity contribution in [1.29, 1.82) is 0 Å². The van der Waals surface area contributed by atoms with E-state index in [1.165, 1.54) is 4.88 Å². The molecule has 1 aliphatic heterocycles. The molecule has 0 aliphatic carbocycles. The Bertz CT molecular complexity index is 614. The van der Waals surface area contributed by atoms with E-state index in [1.807, 2.05) is 18.3 Å². The second-order valence-corrected chi connectivity index (χ2v) is 6.83. The molecule has 2 atom stereocenters. The molecule has 0 radical (unpaired) electrons. The van der Waals surface area contributed by atoms with Crippen molar-refractivity contribution in [3.8, 4) is 0 Å². The van der Waals surface area contributed by atoms with Crippen molar-refractivity contribution in [2.45, 2.75) is 19.0 Å². The summed E-state index contributed by atoms with van der Waals surface area (Å²) in [6, 6.07) is 8.49. The molecule has 3 nitrogen and oxygen atoms in total. The van der Waals surface area contributed by atoms with E-state index in [4.69, 9.17) is 12.2 Å². The highest BCUT2D eigenvalue weighted by Gasteiger charge is 2.39.